The van der Waals surface area contributed by atoms with Crippen molar-refractivity contribution >= 4 is 27.8 Å². The molecule has 2 aromatic heterocycles. The summed E-state index contributed by atoms with van der Waals surface area (Å²) in [6.07, 6.45) is 3.46. The van der Waals surface area contributed by atoms with Crippen LogP contribution in [-0.4, -0.2) is 28.7 Å². The Hall–Kier alpha value is -2.99. The van der Waals surface area contributed by atoms with E-state index in [1.807, 2.05) is 24.4 Å². The van der Waals surface area contributed by atoms with Gasteiger partial charge in [0.2, 0.25) is 0 Å². The van der Waals surface area contributed by atoms with E-state index in [0.29, 0.717) is 17.9 Å². The molecule has 6 heteroatoms. The summed E-state index contributed by atoms with van der Waals surface area (Å²) in [6.45, 7) is 0.471. The maximum absolute atomic E-state index is 13.7. The lowest BCUT2D eigenvalue weighted by atomic mass is 10.1. The van der Waals surface area contributed by atoms with Gasteiger partial charge in [0, 0.05) is 18.8 Å². The molecular formula is C19H17FN4O. The van der Waals surface area contributed by atoms with E-state index in [4.69, 9.17) is 4.74 Å². The number of para-hydroxylation sites is 1. The largest absolute Gasteiger partial charge is 0.382 e. The summed E-state index contributed by atoms with van der Waals surface area (Å²) < 4.78 is 19.1. The highest BCUT2D eigenvalue weighted by Gasteiger charge is 2.14. The van der Waals surface area contributed by atoms with Crippen LogP contribution in [0.15, 0.2) is 54.9 Å². The molecule has 5 nitrogen and oxygen atoms in total. The van der Waals surface area contributed by atoms with Crippen molar-refractivity contribution in [1.29, 1.82) is 0 Å². The lowest BCUT2D eigenvalue weighted by Gasteiger charge is -2.19. The van der Waals surface area contributed by atoms with Gasteiger partial charge in [-0.15, -0.1) is 0 Å². The van der Waals surface area contributed by atoms with E-state index in [2.05, 4.69) is 26.3 Å². The highest BCUT2D eigenvalue weighted by Crippen LogP contribution is 2.24. The Bertz CT molecular complexity index is 1030. The number of halogens is 1. The van der Waals surface area contributed by atoms with Gasteiger partial charge in [-0.1, -0.05) is 12.1 Å². The molecule has 2 aromatic carbocycles. The quantitative estimate of drug-likeness (QED) is 0.577. The number of H-pyrrole nitrogens is 1. The van der Waals surface area contributed by atoms with Crippen molar-refractivity contribution in [2.75, 3.05) is 19.0 Å². The van der Waals surface area contributed by atoms with Gasteiger partial charge in [-0.3, -0.25) is 0 Å². The van der Waals surface area contributed by atoms with Crippen LogP contribution in [0.2, 0.25) is 0 Å². The highest BCUT2D eigenvalue weighted by molar-refractivity contribution is 5.80. The van der Waals surface area contributed by atoms with Gasteiger partial charge in [-0.05, 0) is 41.3 Å². The number of hydrogen-bond acceptors (Lipinski definition) is 4. The number of benzene rings is 2. The van der Waals surface area contributed by atoms with Gasteiger partial charge in [0.25, 0.3) is 0 Å². The molecule has 4 aromatic rings. The Morgan fingerprint density at radius 2 is 2.16 bits per heavy atom. The van der Waals surface area contributed by atoms with Gasteiger partial charge < -0.3 is 15.0 Å². The molecule has 0 aliphatic heterocycles. The number of hydrogen-bond donors (Lipinski definition) is 2. The summed E-state index contributed by atoms with van der Waals surface area (Å²) in [5.74, 6) is 0.206. The van der Waals surface area contributed by atoms with Gasteiger partial charge in [0.05, 0.1) is 24.4 Å². The van der Waals surface area contributed by atoms with Gasteiger partial charge in [0.1, 0.15) is 11.3 Å². The van der Waals surface area contributed by atoms with Crippen LogP contribution in [0.25, 0.3) is 21.9 Å². The molecule has 25 heavy (non-hydrogen) atoms. The van der Waals surface area contributed by atoms with Gasteiger partial charge >= 0.3 is 0 Å². The monoisotopic (exact) mass is 336 g/mol. The first-order valence-electron chi connectivity index (χ1n) is 7.98. The molecule has 0 fully saturated rings. The third-order valence-corrected chi connectivity index (χ3v) is 4.16. The third-order valence-electron chi connectivity index (χ3n) is 4.16. The molecular weight excluding hydrogens is 319 g/mol. The molecule has 0 saturated heterocycles. The third kappa shape index (κ3) is 3.04. The average molecular weight is 336 g/mol. The van der Waals surface area contributed by atoms with Gasteiger partial charge in [-0.2, -0.15) is 0 Å². The Morgan fingerprint density at radius 1 is 1.24 bits per heavy atom. The molecule has 0 spiro atoms. The number of aromatic amines is 1. The molecule has 0 aliphatic rings. The highest BCUT2D eigenvalue weighted by atomic mass is 19.1. The van der Waals surface area contributed by atoms with Crippen molar-refractivity contribution in [2.45, 2.75) is 6.04 Å². The van der Waals surface area contributed by atoms with Crippen LogP contribution in [-0.2, 0) is 4.74 Å². The Morgan fingerprint density at radius 3 is 3.04 bits per heavy atom. The zero-order valence-electron chi connectivity index (χ0n) is 13.7. The zero-order valence-corrected chi connectivity index (χ0v) is 13.7. The molecule has 4 rings (SSSR count). The summed E-state index contributed by atoms with van der Waals surface area (Å²) >= 11 is 0. The molecule has 126 valence electrons. The predicted molar refractivity (Wildman–Crippen MR) is 96.0 cm³/mol. The minimum absolute atomic E-state index is 0.0930. The van der Waals surface area contributed by atoms with Crippen molar-refractivity contribution < 1.29 is 9.13 Å². The van der Waals surface area contributed by atoms with Crippen LogP contribution in [0, 0.1) is 5.82 Å². The van der Waals surface area contributed by atoms with Crippen molar-refractivity contribution in [3.8, 4) is 0 Å². The number of methoxy groups -OCH3 is 1. The van der Waals surface area contributed by atoms with Crippen LogP contribution in [0.3, 0.4) is 0 Å². The fourth-order valence-electron chi connectivity index (χ4n) is 2.93. The van der Waals surface area contributed by atoms with Gasteiger partial charge in [0.15, 0.2) is 5.82 Å². The summed E-state index contributed by atoms with van der Waals surface area (Å²) in [6, 6.07) is 12.9. The number of aromatic nitrogens is 3. The Kier molecular flexibility index (Phi) is 4.03. The van der Waals surface area contributed by atoms with Crippen LogP contribution in [0.1, 0.15) is 11.6 Å². The van der Waals surface area contributed by atoms with Crippen LogP contribution in [0.5, 0.6) is 0 Å². The average Bonchev–Trinajstić information content (AvgIpc) is 3.09. The smallest absolute Gasteiger partial charge is 0.151 e. The Balaban J connectivity index is 1.67. The lowest BCUT2D eigenvalue weighted by Crippen LogP contribution is -2.17. The minimum atomic E-state index is -0.372. The van der Waals surface area contributed by atoms with Crippen molar-refractivity contribution in [3.05, 3.63) is 66.2 Å². The van der Waals surface area contributed by atoms with Crippen molar-refractivity contribution in [3.63, 3.8) is 0 Å². The summed E-state index contributed by atoms with van der Waals surface area (Å²) in [5, 5.41) is 4.46. The second kappa shape index (κ2) is 6.49. The standard InChI is InChI=1S/C19H17FN4O/c1-25-11-17(12-5-6-15-13(9-12)7-8-21-15)24-18-10-22-19-14(20)3-2-4-16(19)23-18/h2-10,17,21H,11H2,1H3,(H,23,24). The number of nitrogens with one attached hydrogen (secondary N) is 2. The molecule has 1 unspecified atom stereocenters. The van der Waals surface area contributed by atoms with E-state index in [1.54, 1.807) is 25.4 Å². The number of rotatable bonds is 5. The fraction of sp³-hybridized carbons (Fsp3) is 0.158. The molecule has 0 bridgehead atoms. The van der Waals surface area contributed by atoms with E-state index in [1.165, 1.54) is 6.07 Å². The lowest BCUT2D eigenvalue weighted by molar-refractivity contribution is 0.186. The molecule has 2 N–H and O–H groups in total. The topological polar surface area (TPSA) is 62.8 Å². The number of ether oxygens (including phenoxy) is 1. The normalized spacial score (nSPS) is 12.6. The molecule has 0 aliphatic carbocycles. The van der Waals surface area contributed by atoms with E-state index in [0.717, 1.165) is 16.5 Å². The SMILES string of the molecule is COCC(Nc1cnc2c(F)cccc2n1)c1ccc2[nH]ccc2c1. The summed E-state index contributed by atoms with van der Waals surface area (Å²) in [4.78, 5) is 11.8. The Labute approximate surface area is 143 Å². The number of nitrogens with zero attached hydrogens (tertiary/aromatic N) is 2. The molecule has 0 radical (unpaired) electrons. The first-order valence-corrected chi connectivity index (χ1v) is 7.98. The van der Waals surface area contributed by atoms with Crippen LogP contribution < -0.4 is 5.32 Å². The molecule has 0 saturated carbocycles. The maximum Gasteiger partial charge on any atom is 0.151 e. The maximum atomic E-state index is 13.7. The first-order chi connectivity index (χ1) is 12.2. The number of fused-ring (bicyclic) bond motifs is 2. The van der Waals surface area contributed by atoms with Crippen LogP contribution >= 0.6 is 0 Å². The van der Waals surface area contributed by atoms with E-state index >= 15 is 0 Å². The zero-order chi connectivity index (χ0) is 17.2. The van der Waals surface area contributed by atoms with Crippen molar-refractivity contribution in [2.24, 2.45) is 0 Å². The van der Waals surface area contributed by atoms with E-state index < -0.39 is 0 Å². The molecule has 0 amide bonds. The fourth-order valence-corrected chi connectivity index (χ4v) is 2.93. The van der Waals surface area contributed by atoms with E-state index in [9.17, 15) is 4.39 Å². The predicted octanol–water partition coefficient (Wildman–Crippen LogP) is 4.05. The number of anilines is 1. The van der Waals surface area contributed by atoms with E-state index in [-0.39, 0.29) is 17.4 Å². The summed E-state index contributed by atoms with van der Waals surface area (Å²) in [7, 11) is 1.66. The second-order valence-corrected chi connectivity index (χ2v) is 5.84. The minimum Gasteiger partial charge on any atom is -0.382 e. The first kappa shape index (κ1) is 15.5. The van der Waals surface area contributed by atoms with Crippen LogP contribution in [0.4, 0.5) is 10.2 Å². The summed E-state index contributed by atoms with van der Waals surface area (Å²) in [5.41, 5.74) is 2.95. The second-order valence-electron chi connectivity index (χ2n) is 5.84. The van der Waals surface area contributed by atoms with Crippen molar-refractivity contribution in [1.82, 2.24) is 15.0 Å². The molecule has 1 atom stereocenters. The molecule has 2 heterocycles. The van der Waals surface area contributed by atoms with Gasteiger partial charge in [-0.25, -0.2) is 14.4 Å².